The van der Waals surface area contributed by atoms with Gasteiger partial charge >= 0.3 is 0 Å². The molecule has 1 aliphatic rings. The molecule has 1 aliphatic heterocycles. The average molecular weight is 145 g/mol. The molecule has 1 rings (SSSR count). The molecule has 3 heteroatoms. The molecular formula is C7H15NO2. The summed E-state index contributed by atoms with van der Waals surface area (Å²) in [6, 6.07) is 0. The van der Waals surface area contributed by atoms with Gasteiger partial charge in [0.2, 0.25) is 0 Å². The van der Waals surface area contributed by atoms with Crippen molar-refractivity contribution in [3.8, 4) is 0 Å². The van der Waals surface area contributed by atoms with Crippen LogP contribution in [0.15, 0.2) is 0 Å². The third-order valence-electron chi connectivity index (χ3n) is 1.62. The molecule has 0 unspecified atom stereocenters. The highest BCUT2D eigenvalue weighted by molar-refractivity contribution is 5.10. The summed E-state index contributed by atoms with van der Waals surface area (Å²) in [7, 11) is 1.79. The van der Waals surface area contributed by atoms with Gasteiger partial charge in [0.25, 0.3) is 0 Å². The summed E-state index contributed by atoms with van der Waals surface area (Å²) in [5.41, 5.74) is 0. The van der Waals surface area contributed by atoms with Crippen molar-refractivity contribution in [3.63, 3.8) is 0 Å². The zero-order chi connectivity index (χ0) is 7.82. The molecule has 1 N–H and O–H groups in total. The number of nitrogens with one attached hydrogen (secondary N) is 1. The first-order valence-electron chi connectivity index (χ1n) is 3.46. The van der Waals surface area contributed by atoms with Crippen LogP contribution in [0.1, 0.15) is 12.8 Å². The van der Waals surface area contributed by atoms with Crippen LogP contribution >= 0.6 is 0 Å². The third kappa shape index (κ3) is 3.58. The lowest BCUT2D eigenvalue weighted by Crippen LogP contribution is -2.31. The molecule has 0 bridgehead atoms. The Bertz CT molecular complexity index is 72.0. The summed E-state index contributed by atoms with van der Waals surface area (Å²) >= 11 is 0. The predicted molar refractivity (Wildman–Crippen MR) is 40.0 cm³/mol. The Morgan fingerprint density at radius 1 is 1.40 bits per heavy atom. The largest absolute Gasteiger partial charge is 0.381 e. The number of carbonyl (C=O) groups is 1. The van der Waals surface area contributed by atoms with Gasteiger partial charge in [0, 0.05) is 7.11 Å². The van der Waals surface area contributed by atoms with Crippen LogP contribution in [-0.2, 0) is 9.53 Å². The molecule has 0 aromatic carbocycles. The van der Waals surface area contributed by atoms with Crippen molar-refractivity contribution < 1.29 is 9.53 Å². The van der Waals surface area contributed by atoms with E-state index in [1.54, 1.807) is 7.11 Å². The van der Waals surface area contributed by atoms with Gasteiger partial charge in [0.1, 0.15) is 6.79 Å². The Morgan fingerprint density at radius 3 is 2.20 bits per heavy atom. The van der Waals surface area contributed by atoms with Crippen molar-refractivity contribution in [2.75, 3.05) is 20.2 Å². The molecule has 1 fully saturated rings. The molecule has 0 aliphatic carbocycles. The number of methoxy groups -OCH3 is 1. The summed E-state index contributed by atoms with van der Waals surface area (Å²) in [6.45, 7) is 4.25. The smallest absolute Gasteiger partial charge is 0.106 e. The Labute approximate surface area is 61.8 Å². The molecule has 0 aromatic rings. The van der Waals surface area contributed by atoms with E-state index in [0.717, 1.165) is 13.1 Å². The SMILES string of the molecule is C=O.COC1CCNCC1. The molecule has 0 saturated carbocycles. The fraction of sp³-hybridized carbons (Fsp3) is 0.857. The van der Waals surface area contributed by atoms with Gasteiger partial charge in [0.15, 0.2) is 0 Å². The van der Waals surface area contributed by atoms with E-state index in [9.17, 15) is 0 Å². The van der Waals surface area contributed by atoms with Gasteiger partial charge in [-0.05, 0) is 25.9 Å². The number of hydrogen-bond acceptors (Lipinski definition) is 3. The van der Waals surface area contributed by atoms with Crippen molar-refractivity contribution in [2.24, 2.45) is 0 Å². The fourth-order valence-corrected chi connectivity index (χ4v) is 1.03. The standard InChI is InChI=1S/C6H13NO.CH2O/c1-8-6-2-4-7-5-3-6;1-2/h6-7H,2-5H2,1H3;1H2. The zero-order valence-electron chi connectivity index (χ0n) is 6.43. The van der Waals surface area contributed by atoms with E-state index in [-0.39, 0.29) is 0 Å². The monoisotopic (exact) mass is 145 g/mol. The summed E-state index contributed by atoms with van der Waals surface area (Å²) in [6.07, 6.45) is 2.88. The van der Waals surface area contributed by atoms with E-state index in [1.807, 2.05) is 6.79 Å². The number of piperidine rings is 1. The summed E-state index contributed by atoms with van der Waals surface area (Å²) < 4.78 is 5.15. The minimum Gasteiger partial charge on any atom is -0.381 e. The molecular weight excluding hydrogens is 130 g/mol. The fourth-order valence-electron chi connectivity index (χ4n) is 1.03. The highest BCUT2D eigenvalue weighted by Gasteiger charge is 2.09. The van der Waals surface area contributed by atoms with Crippen molar-refractivity contribution in [1.29, 1.82) is 0 Å². The Hall–Kier alpha value is -0.410. The molecule has 0 amide bonds. The molecule has 0 radical (unpaired) electrons. The number of ether oxygens (including phenoxy) is 1. The highest BCUT2D eigenvalue weighted by atomic mass is 16.5. The Morgan fingerprint density at radius 2 is 1.90 bits per heavy atom. The Balaban J connectivity index is 0.000000371. The maximum Gasteiger partial charge on any atom is 0.106 e. The molecule has 0 spiro atoms. The van der Waals surface area contributed by atoms with Crippen LogP contribution in [0.2, 0.25) is 0 Å². The molecule has 1 saturated heterocycles. The molecule has 60 valence electrons. The lowest BCUT2D eigenvalue weighted by atomic mass is 10.1. The van der Waals surface area contributed by atoms with E-state index in [2.05, 4.69) is 5.32 Å². The van der Waals surface area contributed by atoms with Crippen LogP contribution in [0.3, 0.4) is 0 Å². The minimum absolute atomic E-state index is 0.524. The van der Waals surface area contributed by atoms with E-state index in [4.69, 9.17) is 9.53 Å². The van der Waals surface area contributed by atoms with Gasteiger partial charge in [-0.3, -0.25) is 0 Å². The van der Waals surface area contributed by atoms with E-state index < -0.39 is 0 Å². The summed E-state index contributed by atoms with van der Waals surface area (Å²) in [4.78, 5) is 8.00. The van der Waals surface area contributed by atoms with Crippen LogP contribution < -0.4 is 5.32 Å². The van der Waals surface area contributed by atoms with E-state index in [1.165, 1.54) is 12.8 Å². The van der Waals surface area contributed by atoms with Crippen LogP contribution in [0, 0.1) is 0 Å². The number of carbonyl (C=O) groups excluding carboxylic acids is 1. The molecule has 0 atom stereocenters. The summed E-state index contributed by atoms with van der Waals surface area (Å²) in [5.74, 6) is 0. The number of hydrogen-bond donors (Lipinski definition) is 1. The highest BCUT2D eigenvalue weighted by Crippen LogP contribution is 2.04. The zero-order valence-corrected chi connectivity index (χ0v) is 6.43. The summed E-state index contributed by atoms with van der Waals surface area (Å²) in [5, 5.41) is 3.27. The molecule has 10 heavy (non-hydrogen) atoms. The van der Waals surface area contributed by atoms with Gasteiger partial charge in [-0.2, -0.15) is 0 Å². The van der Waals surface area contributed by atoms with Crippen LogP contribution in [0.25, 0.3) is 0 Å². The minimum atomic E-state index is 0.524. The second-order valence-electron chi connectivity index (χ2n) is 2.19. The quantitative estimate of drug-likeness (QED) is 0.573. The van der Waals surface area contributed by atoms with Gasteiger partial charge < -0.3 is 14.8 Å². The number of rotatable bonds is 1. The predicted octanol–water partition coefficient (Wildman–Crippen LogP) is 0.200. The first-order valence-corrected chi connectivity index (χ1v) is 3.46. The molecule has 3 nitrogen and oxygen atoms in total. The third-order valence-corrected chi connectivity index (χ3v) is 1.62. The van der Waals surface area contributed by atoms with Crippen LogP contribution in [-0.4, -0.2) is 33.1 Å². The lowest BCUT2D eigenvalue weighted by Gasteiger charge is -2.20. The van der Waals surface area contributed by atoms with Crippen molar-refractivity contribution in [3.05, 3.63) is 0 Å². The maximum absolute atomic E-state index is 8.00. The maximum atomic E-state index is 8.00. The van der Waals surface area contributed by atoms with Gasteiger partial charge in [-0.1, -0.05) is 0 Å². The van der Waals surface area contributed by atoms with Crippen molar-refractivity contribution in [1.82, 2.24) is 5.32 Å². The average Bonchev–Trinajstić information content (AvgIpc) is 2.10. The lowest BCUT2D eigenvalue weighted by molar-refractivity contribution is -0.0979. The normalized spacial score (nSPS) is 19.3. The van der Waals surface area contributed by atoms with Crippen LogP contribution in [0.5, 0.6) is 0 Å². The Kier molecular flexibility index (Phi) is 6.43. The molecule has 1 heterocycles. The molecule has 0 aromatic heterocycles. The van der Waals surface area contributed by atoms with Gasteiger partial charge in [0.05, 0.1) is 6.10 Å². The first kappa shape index (κ1) is 9.59. The van der Waals surface area contributed by atoms with E-state index >= 15 is 0 Å². The topological polar surface area (TPSA) is 38.3 Å². The second kappa shape index (κ2) is 6.71. The van der Waals surface area contributed by atoms with Crippen molar-refractivity contribution in [2.45, 2.75) is 18.9 Å². The van der Waals surface area contributed by atoms with Crippen molar-refractivity contribution >= 4 is 6.79 Å². The second-order valence-corrected chi connectivity index (χ2v) is 2.19. The van der Waals surface area contributed by atoms with Gasteiger partial charge in [-0.15, -0.1) is 0 Å². The van der Waals surface area contributed by atoms with E-state index in [0.29, 0.717) is 6.10 Å². The van der Waals surface area contributed by atoms with Crippen LogP contribution in [0.4, 0.5) is 0 Å². The van der Waals surface area contributed by atoms with Gasteiger partial charge in [-0.25, -0.2) is 0 Å². The first-order chi connectivity index (χ1) is 4.93.